The van der Waals surface area contributed by atoms with Crippen LogP contribution in [-0.2, 0) is 9.53 Å². The topological polar surface area (TPSA) is 67.6 Å². The lowest BCUT2D eigenvalue weighted by Gasteiger charge is -2.34. The standard InChI is InChI=1S/C15H22ClN3O2/c1-10-12(16)4-3-5-13(10)18-15(20)9-19-6-7-21-14(8-19)11(2)17/h3-5,11,14H,6-9,17H2,1-2H3,(H,18,20). The number of nitrogens with zero attached hydrogens (tertiary/aromatic N) is 1. The van der Waals surface area contributed by atoms with Gasteiger partial charge in [-0.25, -0.2) is 0 Å². The second kappa shape index (κ2) is 7.22. The first-order valence-corrected chi connectivity index (χ1v) is 7.49. The number of rotatable bonds is 4. The number of ether oxygens (including phenoxy) is 1. The third-order valence-corrected chi connectivity index (χ3v) is 4.08. The molecule has 2 unspecified atom stereocenters. The normalized spacial score (nSPS) is 21.0. The summed E-state index contributed by atoms with van der Waals surface area (Å²) < 4.78 is 5.59. The van der Waals surface area contributed by atoms with Crippen LogP contribution in [0.2, 0.25) is 5.02 Å². The molecule has 1 aromatic carbocycles. The van der Waals surface area contributed by atoms with E-state index in [4.69, 9.17) is 22.1 Å². The summed E-state index contributed by atoms with van der Waals surface area (Å²) in [7, 11) is 0. The number of hydrogen-bond acceptors (Lipinski definition) is 4. The highest BCUT2D eigenvalue weighted by atomic mass is 35.5. The Hall–Kier alpha value is -1.14. The van der Waals surface area contributed by atoms with E-state index >= 15 is 0 Å². The number of nitrogens with one attached hydrogen (secondary N) is 1. The molecule has 5 nitrogen and oxygen atoms in total. The van der Waals surface area contributed by atoms with Gasteiger partial charge >= 0.3 is 0 Å². The Morgan fingerprint density at radius 3 is 3.10 bits per heavy atom. The molecule has 0 aliphatic carbocycles. The fourth-order valence-electron chi connectivity index (χ4n) is 2.33. The summed E-state index contributed by atoms with van der Waals surface area (Å²) in [6, 6.07) is 5.45. The van der Waals surface area contributed by atoms with E-state index in [1.165, 1.54) is 0 Å². The van der Waals surface area contributed by atoms with Crippen LogP contribution < -0.4 is 11.1 Å². The van der Waals surface area contributed by atoms with Crippen molar-refractivity contribution in [1.82, 2.24) is 4.90 Å². The minimum absolute atomic E-state index is 0.0144. The zero-order chi connectivity index (χ0) is 15.4. The molecule has 2 rings (SSSR count). The number of benzene rings is 1. The van der Waals surface area contributed by atoms with Gasteiger partial charge in [-0.2, -0.15) is 0 Å². The molecule has 0 aromatic heterocycles. The first-order chi connectivity index (χ1) is 9.97. The molecule has 1 saturated heterocycles. The molecule has 6 heteroatoms. The van der Waals surface area contributed by atoms with Crippen LogP contribution in [0.25, 0.3) is 0 Å². The minimum Gasteiger partial charge on any atom is -0.374 e. The van der Waals surface area contributed by atoms with Gasteiger partial charge in [0.05, 0.1) is 19.3 Å². The van der Waals surface area contributed by atoms with Crippen molar-refractivity contribution in [3.63, 3.8) is 0 Å². The summed E-state index contributed by atoms with van der Waals surface area (Å²) in [6.45, 7) is 6.17. The highest BCUT2D eigenvalue weighted by Crippen LogP contribution is 2.22. The van der Waals surface area contributed by atoms with Crippen LogP contribution in [-0.4, -0.2) is 49.2 Å². The Morgan fingerprint density at radius 1 is 1.62 bits per heavy atom. The Labute approximate surface area is 130 Å². The number of halogens is 1. The van der Waals surface area contributed by atoms with Crippen molar-refractivity contribution in [2.45, 2.75) is 26.0 Å². The van der Waals surface area contributed by atoms with Gasteiger partial charge in [0.2, 0.25) is 5.91 Å². The van der Waals surface area contributed by atoms with Crippen molar-refractivity contribution in [2.75, 3.05) is 31.6 Å². The van der Waals surface area contributed by atoms with E-state index < -0.39 is 0 Å². The summed E-state index contributed by atoms with van der Waals surface area (Å²) in [5.41, 5.74) is 7.49. The minimum atomic E-state index is -0.0503. The van der Waals surface area contributed by atoms with Crippen LogP contribution in [0.4, 0.5) is 5.69 Å². The molecule has 0 radical (unpaired) electrons. The predicted octanol–water partition coefficient (Wildman–Crippen LogP) is 1.63. The average Bonchev–Trinajstić information content (AvgIpc) is 2.44. The number of morpholine rings is 1. The lowest BCUT2D eigenvalue weighted by Crippen LogP contribution is -2.51. The SMILES string of the molecule is Cc1c(Cl)cccc1NC(=O)CN1CCOC(C(C)N)C1. The number of carbonyl (C=O) groups is 1. The molecular formula is C15H22ClN3O2. The monoisotopic (exact) mass is 311 g/mol. The van der Waals surface area contributed by atoms with Gasteiger partial charge in [0.15, 0.2) is 0 Å². The third kappa shape index (κ3) is 4.41. The smallest absolute Gasteiger partial charge is 0.238 e. The van der Waals surface area contributed by atoms with Gasteiger partial charge in [-0.3, -0.25) is 9.69 Å². The summed E-state index contributed by atoms with van der Waals surface area (Å²) in [6.07, 6.45) is -0.0144. The fraction of sp³-hybridized carbons (Fsp3) is 0.533. The van der Waals surface area contributed by atoms with E-state index in [0.717, 1.165) is 17.8 Å². The molecule has 0 saturated carbocycles. The van der Waals surface area contributed by atoms with Gasteiger partial charge in [-0.1, -0.05) is 17.7 Å². The Bertz CT molecular complexity index is 508. The summed E-state index contributed by atoms with van der Waals surface area (Å²) >= 11 is 6.05. The lowest BCUT2D eigenvalue weighted by molar-refractivity contribution is -0.119. The van der Waals surface area contributed by atoms with Gasteiger partial charge in [-0.15, -0.1) is 0 Å². The summed E-state index contributed by atoms with van der Waals surface area (Å²) in [5.74, 6) is -0.0503. The second-order valence-electron chi connectivity index (χ2n) is 5.46. The Kier molecular flexibility index (Phi) is 5.58. The van der Waals surface area contributed by atoms with E-state index in [0.29, 0.717) is 24.7 Å². The summed E-state index contributed by atoms with van der Waals surface area (Å²) in [5, 5.41) is 3.55. The number of amides is 1. The molecule has 1 aliphatic rings. The van der Waals surface area contributed by atoms with Crippen molar-refractivity contribution in [3.05, 3.63) is 28.8 Å². The number of anilines is 1. The first kappa shape index (κ1) is 16.2. The van der Waals surface area contributed by atoms with Gasteiger partial charge in [0.1, 0.15) is 0 Å². The summed E-state index contributed by atoms with van der Waals surface area (Å²) in [4.78, 5) is 14.2. The molecular weight excluding hydrogens is 290 g/mol. The quantitative estimate of drug-likeness (QED) is 0.887. The maximum atomic E-state index is 12.2. The van der Waals surface area contributed by atoms with Gasteiger partial charge in [-0.05, 0) is 31.5 Å². The number of nitrogens with two attached hydrogens (primary N) is 1. The van der Waals surface area contributed by atoms with Crippen molar-refractivity contribution in [2.24, 2.45) is 5.73 Å². The number of carbonyl (C=O) groups excluding carboxylic acids is 1. The Morgan fingerprint density at radius 2 is 2.38 bits per heavy atom. The van der Waals surface area contributed by atoms with E-state index in [2.05, 4.69) is 10.2 Å². The van der Waals surface area contributed by atoms with Crippen LogP contribution >= 0.6 is 11.6 Å². The highest BCUT2D eigenvalue weighted by Gasteiger charge is 2.24. The zero-order valence-corrected chi connectivity index (χ0v) is 13.2. The predicted molar refractivity (Wildman–Crippen MR) is 84.6 cm³/mol. The number of hydrogen-bond donors (Lipinski definition) is 2. The van der Waals surface area contributed by atoms with Crippen molar-refractivity contribution >= 4 is 23.2 Å². The van der Waals surface area contributed by atoms with Crippen molar-refractivity contribution < 1.29 is 9.53 Å². The van der Waals surface area contributed by atoms with Crippen LogP contribution in [0, 0.1) is 6.92 Å². The van der Waals surface area contributed by atoms with Crippen LogP contribution in [0.3, 0.4) is 0 Å². The Balaban J connectivity index is 1.91. The molecule has 1 aromatic rings. The van der Waals surface area contributed by atoms with E-state index in [1.807, 2.05) is 32.0 Å². The molecule has 2 atom stereocenters. The van der Waals surface area contributed by atoms with Crippen LogP contribution in [0.1, 0.15) is 12.5 Å². The fourth-order valence-corrected chi connectivity index (χ4v) is 2.50. The molecule has 1 heterocycles. The molecule has 1 amide bonds. The largest absolute Gasteiger partial charge is 0.374 e. The van der Waals surface area contributed by atoms with Gasteiger partial charge < -0.3 is 15.8 Å². The van der Waals surface area contributed by atoms with E-state index in [1.54, 1.807) is 0 Å². The second-order valence-corrected chi connectivity index (χ2v) is 5.87. The molecule has 116 valence electrons. The first-order valence-electron chi connectivity index (χ1n) is 7.12. The molecule has 0 spiro atoms. The molecule has 1 aliphatic heterocycles. The van der Waals surface area contributed by atoms with E-state index in [9.17, 15) is 4.79 Å². The zero-order valence-electron chi connectivity index (χ0n) is 12.4. The third-order valence-electron chi connectivity index (χ3n) is 3.67. The van der Waals surface area contributed by atoms with Crippen molar-refractivity contribution in [1.29, 1.82) is 0 Å². The van der Waals surface area contributed by atoms with E-state index in [-0.39, 0.29) is 18.1 Å². The molecule has 0 bridgehead atoms. The van der Waals surface area contributed by atoms with Crippen molar-refractivity contribution in [3.8, 4) is 0 Å². The van der Waals surface area contributed by atoms with Crippen LogP contribution in [0.15, 0.2) is 18.2 Å². The molecule has 21 heavy (non-hydrogen) atoms. The van der Waals surface area contributed by atoms with Crippen LogP contribution in [0.5, 0.6) is 0 Å². The lowest BCUT2D eigenvalue weighted by atomic mass is 10.1. The molecule has 3 N–H and O–H groups in total. The average molecular weight is 312 g/mol. The van der Waals surface area contributed by atoms with Gasteiger partial charge in [0, 0.05) is 29.8 Å². The maximum absolute atomic E-state index is 12.2. The highest BCUT2D eigenvalue weighted by molar-refractivity contribution is 6.31. The van der Waals surface area contributed by atoms with Gasteiger partial charge in [0.25, 0.3) is 0 Å². The molecule has 1 fully saturated rings. The maximum Gasteiger partial charge on any atom is 0.238 e.